The molecule has 0 aromatic heterocycles. The predicted octanol–water partition coefficient (Wildman–Crippen LogP) is 4.55. The van der Waals surface area contributed by atoms with Gasteiger partial charge in [-0.25, -0.2) is 4.39 Å². The standard InChI is InChI=1S/C25H28FNO5/c1-16-4-2-5-18(14-16)24(29)27-13-3-6-23(28)21-12-11-20(15-22(21)26)32-19-9-7-17(8-10-19)25(30)31/h2,4-5,11-12,14-15,17,19H,3,6-10,13H2,1H3,(H,27,29)(H,30,31). The highest BCUT2D eigenvalue weighted by molar-refractivity contribution is 5.96. The summed E-state index contributed by atoms with van der Waals surface area (Å²) in [5.74, 6) is -1.97. The quantitative estimate of drug-likeness (QED) is 0.440. The smallest absolute Gasteiger partial charge is 0.306 e. The fraction of sp³-hybridized carbons (Fsp3) is 0.400. The Morgan fingerprint density at radius 3 is 2.50 bits per heavy atom. The molecule has 2 aromatic rings. The van der Waals surface area contributed by atoms with Gasteiger partial charge in [0.15, 0.2) is 5.78 Å². The molecule has 0 saturated heterocycles. The number of nitrogens with one attached hydrogen (secondary N) is 1. The summed E-state index contributed by atoms with van der Waals surface area (Å²) in [4.78, 5) is 35.5. The third kappa shape index (κ3) is 6.39. The maximum atomic E-state index is 14.5. The first-order valence-corrected chi connectivity index (χ1v) is 10.9. The molecule has 0 radical (unpaired) electrons. The molecule has 1 aliphatic carbocycles. The summed E-state index contributed by atoms with van der Waals surface area (Å²) < 4.78 is 20.3. The number of ketones is 1. The second-order valence-electron chi connectivity index (χ2n) is 8.22. The number of benzene rings is 2. The van der Waals surface area contributed by atoms with Gasteiger partial charge in [-0.1, -0.05) is 17.7 Å². The number of carbonyl (C=O) groups is 3. The molecule has 1 fully saturated rings. The van der Waals surface area contributed by atoms with Gasteiger partial charge in [0.2, 0.25) is 0 Å². The largest absolute Gasteiger partial charge is 0.490 e. The number of ether oxygens (including phenoxy) is 1. The van der Waals surface area contributed by atoms with Crippen molar-refractivity contribution in [1.29, 1.82) is 0 Å². The van der Waals surface area contributed by atoms with E-state index < -0.39 is 11.8 Å². The average molecular weight is 441 g/mol. The third-order valence-electron chi connectivity index (χ3n) is 5.71. The number of aliphatic carboxylic acids is 1. The minimum atomic E-state index is -0.785. The average Bonchev–Trinajstić information content (AvgIpc) is 2.77. The molecule has 2 aromatic carbocycles. The number of rotatable bonds is 9. The minimum absolute atomic E-state index is 0.00283. The monoisotopic (exact) mass is 441 g/mol. The Kier molecular flexibility index (Phi) is 7.98. The topological polar surface area (TPSA) is 92.7 Å². The first-order valence-electron chi connectivity index (χ1n) is 10.9. The van der Waals surface area contributed by atoms with Crippen LogP contribution in [0.1, 0.15) is 64.8 Å². The van der Waals surface area contributed by atoms with Crippen LogP contribution in [-0.4, -0.2) is 35.4 Å². The van der Waals surface area contributed by atoms with E-state index in [9.17, 15) is 18.8 Å². The summed E-state index contributed by atoms with van der Waals surface area (Å²) in [6, 6.07) is 11.4. The molecule has 1 amide bonds. The predicted molar refractivity (Wildman–Crippen MR) is 117 cm³/mol. The normalized spacial score (nSPS) is 18.1. The van der Waals surface area contributed by atoms with Crippen LogP contribution >= 0.6 is 0 Å². The Morgan fingerprint density at radius 2 is 1.84 bits per heavy atom. The highest BCUT2D eigenvalue weighted by atomic mass is 19.1. The van der Waals surface area contributed by atoms with Gasteiger partial charge in [-0.2, -0.15) is 0 Å². The zero-order valence-electron chi connectivity index (χ0n) is 18.1. The van der Waals surface area contributed by atoms with Crippen LogP contribution in [0.5, 0.6) is 5.75 Å². The molecule has 0 spiro atoms. The van der Waals surface area contributed by atoms with Crippen LogP contribution < -0.4 is 10.1 Å². The highest BCUT2D eigenvalue weighted by Crippen LogP contribution is 2.28. The van der Waals surface area contributed by atoms with Gasteiger partial charge in [0.25, 0.3) is 5.91 Å². The SMILES string of the molecule is Cc1cccc(C(=O)NCCCC(=O)c2ccc(OC3CCC(C(=O)O)CC3)cc2F)c1. The Balaban J connectivity index is 1.44. The van der Waals surface area contributed by atoms with Crippen LogP contribution in [0.3, 0.4) is 0 Å². The molecule has 170 valence electrons. The molecule has 1 saturated carbocycles. The van der Waals surface area contributed by atoms with Crippen LogP contribution in [0.15, 0.2) is 42.5 Å². The summed E-state index contributed by atoms with van der Waals surface area (Å²) in [7, 11) is 0. The van der Waals surface area contributed by atoms with Crippen molar-refractivity contribution in [2.45, 2.75) is 51.6 Å². The van der Waals surface area contributed by atoms with E-state index in [1.807, 2.05) is 19.1 Å². The highest BCUT2D eigenvalue weighted by Gasteiger charge is 2.27. The van der Waals surface area contributed by atoms with Crippen LogP contribution in [-0.2, 0) is 4.79 Å². The van der Waals surface area contributed by atoms with E-state index in [1.165, 1.54) is 12.1 Å². The van der Waals surface area contributed by atoms with E-state index in [4.69, 9.17) is 9.84 Å². The van der Waals surface area contributed by atoms with Gasteiger partial charge in [-0.05, 0) is 63.3 Å². The molecular formula is C25H28FNO5. The zero-order chi connectivity index (χ0) is 23.1. The number of hydrogen-bond acceptors (Lipinski definition) is 4. The van der Waals surface area contributed by atoms with Crippen molar-refractivity contribution in [1.82, 2.24) is 5.32 Å². The number of amides is 1. The molecule has 0 aliphatic heterocycles. The molecule has 32 heavy (non-hydrogen) atoms. The number of carboxylic acids is 1. The molecule has 0 atom stereocenters. The fourth-order valence-corrected chi connectivity index (χ4v) is 3.89. The van der Waals surface area contributed by atoms with Crippen molar-refractivity contribution >= 4 is 17.7 Å². The van der Waals surface area contributed by atoms with Crippen molar-refractivity contribution in [3.63, 3.8) is 0 Å². The summed E-state index contributed by atoms with van der Waals surface area (Å²) in [6.07, 6.45) is 2.66. The zero-order valence-corrected chi connectivity index (χ0v) is 18.1. The van der Waals surface area contributed by atoms with Gasteiger partial charge >= 0.3 is 5.97 Å². The number of hydrogen-bond donors (Lipinski definition) is 2. The lowest BCUT2D eigenvalue weighted by Crippen LogP contribution is -2.27. The van der Waals surface area contributed by atoms with Crippen molar-refractivity contribution in [3.05, 3.63) is 65.0 Å². The van der Waals surface area contributed by atoms with Gasteiger partial charge in [-0.3, -0.25) is 14.4 Å². The Bertz CT molecular complexity index is 982. The first-order chi connectivity index (χ1) is 15.3. The van der Waals surface area contributed by atoms with Gasteiger partial charge < -0.3 is 15.2 Å². The summed E-state index contributed by atoms with van der Waals surface area (Å²) in [5.41, 5.74) is 1.55. The lowest BCUT2D eigenvalue weighted by atomic mass is 9.87. The molecule has 0 heterocycles. The molecule has 7 heteroatoms. The molecule has 0 bridgehead atoms. The molecular weight excluding hydrogens is 413 g/mol. The van der Waals surface area contributed by atoms with Crippen LogP contribution in [0, 0.1) is 18.7 Å². The molecule has 0 unspecified atom stereocenters. The van der Waals surface area contributed by atoms with Crippen molar-refractivity contribution in [3.8, 4) is 5.75 Å². The molecule has 6 nitrogen and oxygen atoms in total. The van der Waals surface area contributed by atoms with E-state index in [1.54, 1.807) is 18.2 Å². The fourth-order valence-electron chi connectivity index (χ4n) is 3.89. The minimum Gasteiger partial charge on any atom is -0.490 e. The number of aryl methyl sites for hydroxylation is 1. The number of carboxylic acid groups (broad SMARTS) is 1. The Morgan fingerprint density at radius 1 is 1.09 bits per heavy atom. The number of halogens is 1. The summed E-state index contributed by atoms with van der Waals surface area (Å²) in [5, 5.41) is 11.8. The van der Waals surface area contributed by atoms with E-state index in [2.05, 4.69) is 5.32 Å². The molecule has 2 N–H and O–H groups in total. The van der Waals surface area contributed by atoms with Crippen LogP contribution in [0.2, 0.25) is 0 Å². The number of Topliss-reactive ketones (excluding diaryl/α,β-unsaturated/α-hetero) is 1. The maximum Gasteiger partial charge on any atom is 0.306 e. The lowest BCUT2D eigenvalue weighted by molar-refractivity contribution is -0.143. The first kappa shape index (κ1) is 23.4. The third-order valence-corrected chi connectivity index (χ3v) is 5.71. The van der Waals surface area contributed by atoms with Gasteiger partial charge in [0.1, 0.15) is 11.6 Å². The summed E-state index contributed by atoms with van der Waals surface area (Å²) >= 11 is 0. The van der Waals surface area contributed by atoms with E-state index in [0.717, 1.165) is 5.56 Å². The second-order valence-corrected chi connectivity index (χ2v) is 8.22. The molecule has 3 rings (SSSR count). The number of carbonyl (C=O) groups excluding carboxylic acids is 2. The molecule has 1 aliphatic rings. The Hall–Kier alpha value is -3.22. The van der Waals surface area contributed by atoms with Crippen molar-refractivity contribution < 1.29 is 28.6 Å². The van der Waals surface area contributed by atoms with Crippen LogP contribution in [0.4, 0.5) is 4.39 Å². The van der Waals surface area contributed by atoms with Gasteiger partial charge in [0.05, 0.1) is 17.6 Å². The van der Waals surface area contributed by atoms with E-state index in [-0.39, 0.29) is 35.7 Å². The van der Waals surface area contributed by atoms with Crippen molar-refractivity contribution in [2.24, 2.45) is 5.92 Å². The van der Waals surface area contributed by atoms with Crippen LogP contribution in [0.25, 0.3) is 0 Å². The lowest BCUT2D eigenvalue weighted by Gasteiger charge is -2.26. The van der Waals surface area contributed by atoms with E-state index in [0.29, 0.717) is 50.0 Å². The maximum absolute atomic E-state index is 14.5. The van der Waals surface area contributed by atoms with E-state index >= 15 is 0 Å². The summed E-state index contributed by atoms with van der Waals surface area (Å²) in [6.45, 7) is 2.23. The van der Waals surface area contributed by atoms with Gasteiger partial charge in [0, 0.05) is 24.6 Å². The van der Waals surface area contributed by atoms with Crippen molar-refractivity contribution in [2.75, 3.05) is 6.54 Å². The second kappa shape index (κ2) is 10.9. The Labute approximate surface area is 186 Å². The van der Waals surface area contributed by atoms with Gasteiger partial charge in [-0.15, -0.1) is 0 Å².